The van der Waals surface area contributed by atoms with Gasteiger partial charge in [-0.2, -0.15) is 0 Å². The number of carbonyl (C=O) groups is 3. The summed E-state index contributed by atoms with van der Waals surface area (Å²) in [5.41, 5.74) is 4.65. The largest absolute Gasteiger partial charge is 0.481 e. The summed E-state index contributed by atoms with van der Waals surface area (Å²) in [6, 6.07) is 15.9. The van der Waals surface area contributed by atoms with E-state index in [2.05, 4.69) is 29.6 Å². The summed E-state index contributed by atoms with van der Waals surface area (Å²) >= 11 is 0. The average Bonchev–Trinajstić information content (AvgIpc) is 3.16. The fraction of sp³-hybridized carbons (Fsp3) is 0.464. The van der Waals surface area contributed by atoms with Crippen LogP contribution in [-0.2, 0) is 14.3 Å². The van der Waals surface area contributed by atoms with Crippen molar-refractivity contribution in [2.75, 3.05) is 13.2 Å². The van der Waals surface area contributed by atoms with Crippen LogP contribution in [0.3, 0.4) is 0 Å². The molecule has 1 heterocycles. The van der Waals surface area contributed by atoms with Crippen molar-refractivity contribution in [2.24, 2.45) is 5.92 Å². The molecule has 7 heteroatoms. The maximum Gasteiger partial charge on any atom is 0.407 e. The maximum absolute atomic E-state index is 13.0. The number of nitrogens with one attached hydrogen (secondary N) is 1. The van der Waals surface area contributed by atoms with Crippen LogP contribution in [0.25, 0.3) is 11.1 Å². The van der Waals surface area contributed by atoms with Crippen molar-refractivity contribution < 1.29 is 24.2 Å². The number of rotatable bonds is 8. The van der Waals surface area contributed by atoms with E-state index in [1.807, 2.05) is 38.1 Å². The van der Waals surface area contributed by atoms with Crippen LogP contribution in [-0.4, -0.2) is 53.2 Å². The minimum absolute atomic E-state index is 0.0178. The van der Waals surface area contributed by atoms with Crippen LogP contribution in [0.5, 0.6) is 0 Å². The number of aliphatic carboxylic acids is 1. The zero-order chi connectivity index (χ0) is 24.9. The Bertz CT molecular complexity index is 1040. The van der Waals surface area contributed by atoms with Gasteiger partial charge in [0.15, 0.2) is 0 Å². The van der Waals surface area contributed by atoms with Crippen LogP contribution in [0, 0.1) is 5.92 Å². The third kappa shape index (κ3) is 5.50. The molecule has 2 aromatic carbocycles. The number of hydrogen-bond donors (Lipinski definition) is 2. The Hall–Kier alpha value is -3.35. The number of fused-ring (bicyclic) bond motifs is 3. The summed E-state index contributed by atoms with van der Waals surface area (Å²) in [6.45, 7) is 4.56. The molecule has 0 radical (unpaired) electrons. The highest BCUT2D eigenvalue weighted by atomic mass is 16.5. The van der Waals surface area contributed by atoms with Gasteiger partial charge >= 0.3 is 12.1 Å². The van der Waals surface area contributed by atoms with E-state index in [1.54, 1.807) is 4.90 Å². The second kappa shape index (κ2) is 10.9. The van der Waals surface area contributed by atoms with Crippen molar-refractivity contribution in [3.05, 3.63) is 59.7 Å². The zero-order valence-electron chi connectivity index (χ0n) is 20.4. The zero-order valence-corrected chi connectivity index (χ0v) is 20.4. The summed E-state index contributed by atoms with van der Waals surface area (Å²) in [4.78, 5) is 38.7. The van der Waals surface area contributed by atoms with Crippen molar-refractivity contribution >= 4 is 18.0 Å². The number of alkyl carbamates (subject to hydrolysis) is 1. The van der Waals surface area contributed by atoms with Crippen LogP contribution in [0.15, 0.2) is 48.5 Å². The lowest BCUT2D eigenvalue weighted by atomic mass is 9.91. The van der Waals surface area contributed by atoms with E-state index in [9.17, 15) is 19.5 Å². The Kier molecular flexibility index (Phi) is 7.73. The summed E-state index contributed by atoms with van der Waals surface area (Å²) in [5.74, 6) is -1.28. The summed E-state index contributed by atoms with van der Waals surface area (Å²) in [6.07, 6.45) is 2.06. The third-order valence-electron chi connectivity index (χ3n) is 7.27. The summed E-state index contributed by atoms with van der Waals surface area (Å²) in [7, 11) is 0. The van der Waals surface area contributed by atoms with Crippen LogP contribution in [0.1, 0.15) is 63.0 Å². The Morgan fingerprint density at radius 2 is 1.71 bits per heavy atom. The lowest BCUT2D eigenvalue weighted by molar-refractivity contribution is -0.147. The van der Waals surface area contributed by atoms with Crippen molar-refractivity contribution in [1.82, 2.24) is 10.2 Å². The first-order valence-corrected chi connectivity index (χ1v) is 12.5. The topological polar surface area (TPSA) is 95.9 Å². The molecule has 35 heavy (non-hydrogen) atoms. The molecular formula is C28H34N2O5. The van der Waals surface area contributed by atoms with Gasteiger partial charge in [0, 0.05) is 31.0 Å². The van der Waals surface area contributed by atoms with E-state index >= 15 is 0 Å². The highest BCUT2D eigenvalue weighted by molar-refractivity contribution is 5.80. The number of benzene rings is 2. The van der Waals surface area contributed by atoms with Gasteiger partial charge < -0.3 is 20.1 Å². The number of nitrogens with zero attached hydrogens (tertiary/aromatic N) is 1. The van der Waals surface area contributed by atoms with Crippen LogP contribution >= 0.6 is 0 Å². The van der Waals surface area contributed by atoms with Crippen molar-refractivity contribution in [3.8, 4) is 11.1 Å². The average molecular weight is 479 g/mol. The molecule has 1 fully saturated rings. The van der Waals surface area contributed by atoms with E-state index in [-0.39, 0.29) is 36.9 Å². The van der Waals surface area contributed by atoms with E-state index < -0.39 is 18.0 Å². The van der Waals surface area contributed by atoms with Gasteiger partial charge in [-0.3, -0.25) is 9.59 Å². The minimum atomic E-state index is -0.801. The number of hydrogen-bond acceptors (Lipinski definition) is 4. The predicted molar refractivity (Wildman–Crippen MR) is 133 cm³/mol. The van der Waals surface area contributed by atoms with Crippen LogP contribution in [0.2, 0.25) is 0 Å². The van der Waals surface area contributed by atoms with Gasteiger partial charge in [0.2, 0.25) is 5.91 Å². The molecule has 0 spiro atoms. The second-order valence-electron chi connectivity index (χ2n) is 9.66. The number of piperidine rings is 1. The SMILES string of the molecule is CCC[C@@H](CC(=O)N1CCC(C(=O)O)CC1C)NC(=O)OCC1c2ccccc2-c2ccccc21. The van der Waals surface area contributed by atoms with Crippen molar-refractivity contribution in [1.29, 1.82) is 0 Å². The lowest BCUT2D eigenvalue weighted by Crippen LogP contribution is -2.48. The van der Waals surface area contributed by atoms with Crippen molar-refractivity contribution in [2.45, 2.75) is 64.0 Å². The molecule has 1 aliphatic heterocycles. The van der Waals surface area contributed by atoms with Gasteiger partial charge in [0.1, 0.15) is 6.61 Å². The highest BCUT2D eigenvalue weighted by Crippen LogP contribution is 2.44. The molecule has 1 saturated heterocycles. The first kappa shape index (κ1) is 24.8. The first-order valence-electron chi connectivity index (χ1n) is 12.5. The Morgan fingerprint density at radius 1 is 1.09 bits per heavy atom. The number of carboxylic acids is 1. The molecule has 2 aliphatic rings. The van der Waals surface area contributed by atoms with E-state index in [0.717, 1.165) is 17.5 Å². The molecule has 0 bridgehead atoms. The lowest BCUT2D eigenvalue weighted by Gasteiger charge is -2.37. The number of carbonyl (C=O) groups excluding carboxylic acids is 2. The second-order valence-corrected chi connectivity index (χ2v) is 9.66. The minimum Gasteiger partial charge on any atom is -0.481 e. The van der Waals surface area contributed by atoms with E-state index in [0.29, 0.717) is 25.8 Å². The normalized spacial score (nSPS) is 20.0. The Morgan fingerprint density at radius 3 is 2.29 bits per heavy atom. The monoisotopic (exact) mass is 478 g/mol. The molecule has 0 saturated carbocycles. The summed E-state index contributed by atoms with van der Waals surface area (Å²) in [5, 5.41) is 12.2. The van der Waals surface area contributed by atoms with Gasteiger partial charge in [-0.25, -0.2) is 4.79 Å². The van der Waals surface area contributed by atoms with Gasteiger partial charge in [-0.05, 0) is 48.4 Å². The molecule has 7 nitrogen and oxygen atoms in total. The van der Waals surface area contributed by atoms with Gasteiger partial charge in [-0.15, -0.1) is 0 Å². The van der Waals surface area contributed by atoms with Gasteiger partial charge in [0.05, 0.1) is 5.92 Å². The fourth-order valence-corrected chi connectivity index (χ4v) is 5.48. The highest BCUT2D eigenvalue weighted by Gasteiger charge is 2.33. The molecule has 2 unspecified atom stereocenters. The molecule has 4 rings (SSSR count). The fourth-order valence-electron chi connectivity index (χ4n) is 5.48. The van der Waals surface area contributed by atoms with Crippen molar-refractivity contribution in [3.63, 3.8) is 0 Å². The molecule has 0 aromatic heterocycles. The smallest absolute Gasteiger partial charge is 0.407 e. The number of likely N-dealkylation sites (tertiary alicyclic amines) is 1. The summed E-state index contributed by atoms with van der Waals surface area (Å²) < 4.78 is 5.66. The molecule has 2 amide bonds. The Balaban J connectivity index is 1.34. The van der Waals surface area contributed by atoms with Gasteiger partial charge in [0.25, 0.3) is 0 Å². The number of carboxylic acid groups (broad SMARTS) is 1. The predicted octanol–water partition coefficient (Wildman–Crippen LogP) is 4.80. The molecule has 2 N–H and O–H groups in total. The van der Waals surface area contributed by atoms with E-state index in [1.165, 1.54) is 11.1 Å². The number of amides is 2. The van der Waals surface area contributed by atoms with Gasteiger partial charge in [-0.1, -0.05) is 61.9 Å². The molecule has 1 aliphatic carbocycles. The molecule has 3 atom stereocenters. The molecule has 186 valence electrons. The van der Waals surface area contributed by atoms with Crippen LogP contribution in [0.4, 0.5) is 4.79 Å². The molecular weight excluding hydrogens is 444 g/mol. The standard InChI is InChI=1S/C28H34N2O5/c1-3-8-20(16-26(31)30-14-13-19(27(32)33)15-18(30)2)29-28(34)35-17-25-23-11-6-4-9-21(23)22-10-5-7-12-24(22)25/h4-7,9-12,18-20,25H,3,8,13-17H2,1-2H3,(H,29,34)(H,32,33)/t18?,19?,20-/m0/s1. The molecule has 2 aromatic rings. The quantitative estimate of drug-likeness (QED) is 0.568. The van der Waals surface area contributed by atoms with E-state index in [4.69, 9.17) is 4.74 Å². The maximum atomic E-state index is 13.0. The third-order valence-corrected chi connectivity index (χ3v) is 7.27. The first-order chi connectivity index (χ1) is 16.9. The van der Waals surface area contributed by atoms with Crippen LogP contribution < -0.4 is 5.32 Å². The number of ether oxygens (including phenoxy) is 1. The Labute approximate surface area is 206 Å².